The Morgan fingerprint density at radius 3 is 2.62 bits per heavy atom. The van der Waals surface area contributed by atoms with Crippen molar-refractivity contribution < 1.29 is 17.6 Å². The molecule has 1 aliphatic heterocycles. The van der Waals surface area contributed by atoms with Crippen LogP contribution in [0.3, 0.4) is 0 Å². The monoisotopic (exact) mass is 407 g/mol. The van der Waals surface area contributed by atoms with Gasteiger partial charge in [-0.3, -0.25) is 4.79 Å². The lowest BCUT2D eigenvalue weighted by atomic mass is 10.00. The lowest BCUT2D eigenvalue weighted by molar-refractivity contribution is -0.122. The highest BCUT2D eigenvalue weighted by Gasteiger charge is 2.23. The average molecular weight is 408 g/mol. The number of hydrogen-bond acceptors (Lipinski definition) is 4. The number of piperidine rings is 1. The van der Waals surface area contributed by atoms with E-state index in [0.717, 1.165) is 31.5 Å². The van der Waals surface area contributed by atoms with Crippen molar-refractivity contribution in [1.29, 1.82) is 0 Å². The van der Waals surface area contributed by atoms with Crippen LogP contribution >= 0.6 is 12.4 Å². The molecule has 2 atom stereocenters. The Kier molecular flexibility index (Phi) is 8.95. The lowest BCUT2D eigenvalue weighted by Gasteiger charge is -2.30. The van der Waals surface area contributed by atoms with E-state index in [1.165, 1.54) is 23.5 Å². The molecule has 0 aromatic heterocycles. The highest BCUT2D eigenvalue weighted by atomic mass is 35.5. The van der Waals surface area contributed by atoms with Crippen LogP contribution in [-0.2, 0) is 14.8 Å². The molecular formula is C17H27ClFN3O3S. The van der Waals surface area contributed by atoms with E-state index in [0.29, 0.717) is 6.42 Å². The van der Waals surface area contributed by atoms with Gasteiger partial charge in [-0.15, -0.1) is 12.4 Å². The molecule has 1 fully saturated rings. The van der Waals surface area contributed by atoms with Gasteiger partial charge in [-0.1, -0.05) is 0 Å². The van der Waals surface area contributed by atoms with Gasteiger partial charge in [-0.25, -0.2) is 17.1 Å². The number of halogens is 2. The molecule has 2 unspecified atom stereocenters. The molecule has 148 valence electrons. The standard InChI is InChI=1S/C17H26FN3O3S.ClH/c1-13-16(5-3-11-19-13)20-17(22)6-4-12-21(2)25(23,24)15-9-7-14(18)8-10-15;/h7-10,13,16,19H,3-6,11-12H2,1-2H3,(H,20,22);1H. The van der Waals surface area contributed by atoms with E-state index in [2.05, 4.69) is 10.6 Å². The van der Waals surface area contributed by atoms with E-state index in [4.69, 9.17) is 0 Å². The van der Waals surface area contributed by atoms with E-state index in [1.54, 1.807) is 0 Å². The SMILES string of the molecule is CC1NCCCC1NC(=O)CCCN(C)S(=O)(=O)c1ccc(F)cc1.Cl. The Morgan fingerprint density at radius 1 is 1.35 bits per heavy atom. The zero-order valence-corrected chi connectivity index (χ0v) is 16.7. The van der Waals surface area contributed by atoms with Crippen LogP contribution in [0.15, 0.2) is 29.2 Å². The van der Waals surface area contributed by atoms with E-state index in [1.807, 2.05) is 6.92 Å². The number of carbonyl (C=O) groups is 1. The summed E-state index contributed by atoms with van der Waals surface area (Å²) in [5, 5.41) is 6.33. The van der Waals surface area contributed by atoms with Crippen LogP contribution < -0.4 is 10.6 Å². The summed E-state index contributed by atoms with van der Waals surface area (Å²) in [6.07, 6.45) is 2.69. The Morgan fingerprint density at radius 2 is 2.00 bits per heavy atom. The minimum absolute atomic E-state index is 0. The fourth-order valence-corrected chi connectivity index (χ4v) is 4.10. The van der Waals surface area contributed by atoms with Gasteiger partial charge < -0.3 is 10.6 Å². The second kappa shape index (κ2) is 10.2. The molecule has 0 radical (unpaired) electrons. The van der Waals surface area contributed by atoms with Crippen LogP contribution in [0.4, 0.5) is 4.39 Å². The summed E-state index contributed by atoms with van der Waals surface area (Å²) >= 11 is 0. The van der Waals surface area contributed by atoms with Gasteiger partial charge in [0.05, 0.1) is 4.90 Å². The van der Waals surface area contributed by atoms with Gasteiger partial charge in [0.15, 0.2) is 0 Å². The van der Waals surface area contributed by atoms with Gasteiger partial charge in [0, 0.05) is 32.1 Å². The molecule has 0 bridgehead atoms. The van der Waals surface area contributed by atoms with Crippen LogP contribution in [0.25, 0.3) is 0 Å². The maximum Gasteiger partial charge on any atom is 0.242 e. The maximum absolute atomic E-state index is 12.9. The summed E-state index contributed by atoms with van der Waals surface area (Å²) in [6, 6.07) is 5.10. The molecule has 1 aromatic rings. The summed E-state index contributed by atoms with van der Waals surface area (Å²) in [6.45, 7) is 3.25. The van der Waals surface area contributed by atoms with Crippen molar-refractivity contribution in [2.24, 2.45) is 0 Å². The Balaban J connectivity index is 0.00000338. The smallest absolute Gasteiger partial charge is 0.242 e. The van der Waals surface area contributed by atoms with Crippen LogP contribution in [0.1, 0.15) is 32.6 Å². The van der Waals surface area contributed by atoms with Crippen molar-refractivity contribution in [2.45, 2.75) is 49.6 Å². The quantitative estimate of drug-likeness (QED) is 0.723. The second-order valence-electron chi connectivity index (χ2n) is 6.44. The van der Waals surface area contributed by atoms with Crippen LogP contribution in [0.5, 0.6) is 0 Å². The molecule has 1 saturated heterocycles. The lowest BCUT2D eigenvalue weighted by Crippen LogP contribution is -2.51. The number of nitrogens with one attached hydrogen (secondary N) is 2. The fourth-order valence-electron chi connectivity index (χ4n) is 2.89. The largest absolute Gasteiger partial charge is 0.352 e. The summed E-state index contributed by atoms with van der Waals surface area (Å²) < 4.78 is 38.9. The molecule has 1 aliphatic rings. The van der Waals surface area contributed by atoms with Gasteiger partial charge in [0.25, 0.3) is 0 Å². The average Bonchev–Trinajstić information content (AvgIpc) is 2.57. The van der Waals surface area contributed by atoms with E-state index in [9.17, 15) is 17.6 Å². The zero-order valence-electron chi connectivity index (χ0n) is 15.1. The maximum atomic E-state index is 12.9. The van der Waals surface area contributed by atoms with Crippen molar-refractivity contribution in [2.75, 3.05) is 20.1 Å². The predicted octanol–water partition coefficient (Wildman–Crippen LogP) is 1.90. The predicted molar refractivity (Wildman–Crippen MR) is 101 cm³/mol. The van der Waals surface area contributed by atoms with Crippen LogP contribution in [-0.4, -0.2) is 50.9 Å². The molecule has 1 amide bonds. The normalized spacial score (nSPS) is 20.5. The molecule has 1 heterocycles. The van der Waals surface area contributed by atoms with E-state index in [-0.39, 0.29) is 48.3 Å². The third-order valence-corrected chi connectivity index (χ3v) is 6.38. The van der Waals surface area contributed by atoms with Crippen molar-refractivity contribution in [3.63, 3.8) is 0 Å². The molecule has 0 aliphatic carbocycles. The molecule has 26 heavy (non-hydrogen) atoms. The summed E-state index contributed by atoms with van der Waals surface area (Å²) in [5.74, 6) is -0.544. The third kappa shape index (κ3) is 6.19. The summed E-state index contributed by atoms with van der Waals surface area (Å²) in [5.41, 5.74) is 0. The first-order chi connectivity index (χ1) is 11.8. The van der Waals surface area contributed by atoms with Crippen molar-refractivity contribution in [1.82, 2.24) is 14.9 Å². The molecule has 0 saturated carbocycles. The first-order valence-electron chi connectivity index (χ1n) is 8.55. The van der Waals surface area contributed by atoms with Gasteiger partial charge in [-0.05, 0) is 57.0 Å². The molecule has 9 heteroatoms. The molecule has 2 N–H and O–H groups in total. The highest BCUT2D eigenvalue weighted by molar-refractivity contribution is 7.89. The molecule has 2 rings (SSSR count). The van der Waals surface area contributed by atoms with Crippen molar-refractivity contribution in [3.8, 4) is 0 Å². The Hall–Kier alpha value is -1.22. The van der Waals surface area contributed by atoms with Crippen molar-refractivity contribution in [3.05, 3.63) is 30.1 Å². The Labute approximate surface area is 161 Å². The third-order valence-electron chi connectivity index (χ3n) is 4.51. The first-order valence-corrected chi connectivity index (χ1v) is 9.99. The highest BCUT2D eigenvalue weighted by Crippen LogP contribution is 2.15. The number of benzene rings is 1. The number of rotatable bonds is 7. The first kappa shape index (κ1) is 22.8. The second-order valence-corrected chi connectivity index (χ2v) is 8.49. The number of nitrogens with zero attached hydrogens (tertiary/aromatic N) is 1. The van der Waals surface area contributed by atoms with E-state index < -0.39 is 15.8 Å². The molecule has 0 spiro atoms. The summed E-state index contributed by atoms with van der Waals surface area (Å²) in [4.78, 5) is 12.1. The van der Waals surface area contributed by atoms with Gasteiger partial charge in [0.1, 0.15) is 5.82 Å². The topological polar surface area (TPSA) is 78.5 Å². The molecule has 1 aromatic carbocycles. The van der Waals surface area contributed by atoms with Crippen molar-refractivity contribution >= 4 is 28.3 Å². The number of carbonyl (C=O) groups excluding carboxylic acids is 1. The molecular weight excluding hydrogens is 381 g/mol. The Bertz CT molecular complexity index is 685. The van der Waals surface area contributed by atoms with E-state index >= 15 is 0 Å². The zero-order chi connectivity index (χ0) is 18.4. The van der Waals surface area contributed by atoms with Crippen LogP contribution in [0.2, 0.25) is 0 Å². The minimum Gasteiger partial charge on any atom is -0.352 e. The fraction of sp³-hybridized carbons (Fsp3) is 0.588. The number of hydrogen-bond donors (Lipinski definition) is 2. The van der Waals surface area contributed by atoms with Gasteiger partial charge >= 0.3 is 0 Å². The minimum atomic E-state index is -3.66. The van der Waals surface area contributed by atoms with Gasteiger partial charge in [-0.2, -0.15) is 0 Å². The van der Waals surface area contributed by atoms with Gasteiger partial charge in [0.2, 0.25) is 15.9 Å². The number of sulfonamides is 1. The number of amides is 1. The van der Waals surface area contributed by atoms with Crippen LogP contribution in [0, 0.1) is 5.82 Å². The molecule has 6 nitrogen and oxygen atoms in total. The summed E-state index contributed by atoms with van der Waals surface area (Å²) in [7, 11) is -2.20.